The fraction of sp³-hybridized carbons (Fsp3) is 0.286. The van der Waals surface area contributed by atoms with Crippen LogP contribution in [0.1, 0.15) is 18.9 Å². The predicted molar refractivity (Wildman–Crippen MR) is 81.2 cm³/mol. The minimum atomic E-state index is -0.420. The molecule has 7 heteroatoms. The molecule has 0 unspecified atom stereocenters. The summed E-state index contributed by atoms with van der Waals surface area (Å²) in [7, 11) is 0. The monoisotopic (exact) mass is 287 g/mol. The number of hydrogen-bond donors (Lipinski definition) is 2. The fourth-order valence-corrected chi connectivity index (χ4v) is 1.75. The van der Waals surface area contributed by atoms with Gasteiger partial charge in [0.25, 0.3) is 5.69 Å². The van der Waals surface area contributed by atoms with Crippen molar-refractivity contribution in [2.75, 3.05) is 17.2 Å². The van der Waals surface area contributed by atoms with Crippen LogP contribution in [0.3, 0.4) is 0 Å². The van der Waals surface area contributed by atoms with Crippen molar-refractivity contribution in [3.8, 4) is 0 Å². The Hall–Kier alpha value is -2.70. The molecule has 21 heavy (non-hydrogen) atoms. The first-order valence-electron chi connectivity index (χ1n) is 6.72. The number of hydrogen-bond acceptors (Lipinski definition) is 6. The molecule has 2 rings (SSSR count). The Kier molecular flexibility index (Phi) is 5.03. The number of pyridine rings is 2. The topological polar surface area (TPSA) is 93.0 Å². The number of rotatable bonds is 7. The van der Waals surface area contributed by atoms with E-state index in [4.69, 9.17) is 0 Å². The molecule has 2 aromatic rings. The van der Waals surface area contributed by atoms with E-state index >= 15 is 0 Å². The summed E-state index contributed by atoms with van der Waals surface area (Å²) in [5, 5.41) is 17.1. The van der Waals surface area contributed by atoms with E-state index < -0.39 is 4.92 Å². The van der Waals surface area contributed by atoms with E-state index in [2.05, 4.69) is 20.6 Å². The lowest BCUT2D eigenvalue weighted by molar-refractivity contribution is -0.384. The molecular weight excluding hydrogens is 270 g/mol. The third-order valence-corrected chi connectivity index (χ3v) is 2.80. The van der Waals surface area contributed by atoms with Crippen LogP contribution >= 0.6 is 0 Å². The van der Waals surface area contributed by atoms with E-state index in [-0.39, 0.29) is 5.69 Å². The zero-order chi connectivity index (χ0) is 15.1. The summed E-state index contributed by atoms with van der Waals surface area (Å²) in [6.07, 6.45) is 4.32. The van der Waals surface area contributed by atoms with E-state index in [1.165, 1.54) is 12.1 Å². The summed E-state index contributed by atoms with van der Waals surface area (Å²) < 4.78 is 0. The Bertz CT molecular complexity index is 604. The summed E-state index contributed by atoms with van der Waals surface area (Å²) in [4.78, 5) is 18.8. The first-order chi connectivity index (χ1) is 10.2. The largest absolute Gasteiger partial charge is 0.370 e. The van der Waals surface area contributed by atoms with Gasteiger partial charge in [-0.15, -0.1) is 0 Å². The molecule has 7 nitrogen and oxygen atoms in total. The lowest BCUT2D eigenvalue weighted by atomic mass is 10.2. The van der Waals surface area contributed by atoms with Crippen LogP contribution in [-0.4, -0.2) is 21.4 Å². The lowest BCUT2D eigenvalue weighted by Crippen LogP contribution is -2.07. The van der Waals surface area contributed by atoms with Crippen LogP contribution in [0.2, 0.25) is 0 Å². The Balaban J connectivity index is 2.13. The molecule has 110 valence electrons. The van der Waals surface area contributed by atoms with Crippen molar-refractivity contribution in [3.05, 3.63) is 52.3 Å². The molecule has 2 heterocycles. The molecule has 0 saturated heterocycles. The van der Waals surface area contributed by atoms with E-state index in [1.807, 2.05) is 19.1 Å². The molecule has 2 aromatic heterocycles. The van der Waals surface area contributed by atoms with Crippen molar-refractivity contribution in [2.24, 2.45) is 0 Å². The average molecular weight is 287 g/mol. The van der Waals surface area contributed by atoms with Gasteiger partial charge < -0.3 is 10.6 Å². The van der Waals surface area contributed by atoms with Gasteiger partial charge in [-0.05, 0) is 24.1 Å². The van der Waals surface area contributed by atoms with Gasteiger partial charge >= 0.3 is 0 Å². The highest BCUT2D eigenvalue weighted by Crippen LogP contribution is 2.21. The van der Waals surface area contributed by atoms with Gasteiger partial charge in [-0.25, -0.2) is 4.98 Å². The summed E-state index contributed by atoms with van der Waals surface area (Å²) in [6, 6.07) is 6.62. The minimum absolute atomic E-state index is 0.0147. The smallest absolute Gasteiger partial charge is 0.276 e. The molecule has 2 N–H and O–H groups in total. The molecule has 0 amide bonds. The third kappa shape index (κ3) is 4.41. The quantitative estimate of drug-likeness (QED) is 0.601. The van der Waals surface area contributed by atoms with Crippen molar-refractivity contribution in [1.82, 2.24) is 9.97 Å². The molecule has 0 aromatic carbocycles. The average Bonchev–Trinajstić information content (AvgIpc) is 2.51. The second-order valence-corrected chi connectivity index (χ2v) is 4.49. The van der Waals surface area contributed by atoms with Crippen LogP contribution in [0.4, 0.5) is 17.3 Å². The van der Waals surface area contributed by atoms with Crippen LogP contribution in [-0.2, 0) is 6.54 Å². The molecule has 0 aliphatic carbocycles. The Labute approximate surface area is 122 Å². The standard InChI is InChI=1S/C14H17N5O2/c1-2-5-16-13-8-12(19(20)21)9-14(18-13)17-10-11-3-6-15-7-4-11/h3-4,6-9H,2,5,10H2,1H3,(H2,16,17,18). The molecule has 0 fully saturated rings. The number of nitrogens with zero attached hydrogens (tertiary/aromatic N) is 3. The van der Waals surface area contributed by atoms with Crippen LogP contribution in [0.25, 0.3) is 0 Å². The van der Waals surface area contributed by atoms with E-state index in [9.17, 15) is 10.1 Å². The zero-order valence-electron chi connectivity index (χ0n) is 11.7. The van der Waals surface area contributed by atoms with E-state index in [0.717, 1.165) is 18.5 Å². The second kappa shape index (κ2) is 7.18. The van der Waals surface area contributed by atoms with E-state index in [0.29, 0.717) is 18.2 Å². The van der Waals surface area contributed by atoms with Crippen LogP contribution < -0.4 is 10.6 Å². The molecule has 0 bridgehead atoms. The molecule has 0 atom stereocenters. The molecular formula is C14H17N5O2. The SMILES string of the molecule is CCCNc1cc([N+](=O)[O-])cc(NCc2ccncc2)n1. The summed E-state index contributed by atoms with van der Waals surface area (Å²) >= 11 is 0. The first kappa shape index (κ1) is 14.7. The lowest BCUT2D eigenvalue weighted by Gasteiger charge is -2.09. The van der Waals surface area contributed by atoms with Gasteiger partial charge in [-0.2, -0.15) is 0 Å². The highest BCUT2D eigenvalue weighted by molar-refractivity contribution is 5.54. The molecule has 0 aliphatic heterocycles. The summed E-state index contributed by atoms with van der Waals surface area (Å²) in [5.41, 5.74) is 1.04. The van der Waals surface area contributed by atoms with Crippen LogP contribution in [0, 0.1) is 10.1 Å². The van der Waals surface area contributed by atoms with Gasteiger partial charge in [0, 0.05) is 25.5 Å². The van der Waals surface area contributed by atoms with Gasteiger partial charge in [-0.1, -0.05) is 6.92 Å². The Morgan fingerprint density at radius 1 is 1.19 bits per heavy atom. The van der Waals surface area contributed by atoms with Crippen molar-refractivity contribution >= 4 is 17.3 Å². The molecule has 0 aliphatic rings. The van der Waals surface area contributed by atoms with Gasteiger partial charge in [0.1, 0.15) is 11.6 Å². The van der Waals surface area contributed by atoms with Crippen molar-refractivity contribution < 1.29 is 4.92 Å². The zero-order valence-corrected chi connectivity index (χ0v) is 11.7. The molecule has 0 spiro atoms. The number of nitrogens with one attached hydrogen (secondary N) is 2. The van der Waals surface area contributed by atoms with E-state index in [1.54, 1.807) is 12.4 Å². The Morgan fingerprint density at radius 2 is 1.86 bits per heavy atom. The van der Waals surface area contributed by atoms with Crippen LogP contribution in [0.5, 0.6) is 0 Å². The Morgan fingerprint density at radius 3 is 2.48 bits per heavy atom. The minimum Gasteiger partial charge on any atom is -0.370 e. The number of nitro groups is 1. The van der Waals surface area contributed by atoms with Gasteiger partial charge in [0.05, 0.1) is 17.1 Å². The van der Waals surface area contributed by atoms with Gasteiger partial charge in [0.15, 0.2) is 0 Å². The summed E-state index contributed by atoms with van der Waals surface area (Å²) in [6.45, 7) is 3.27. The first-order valence-corrected chi connectivity index (χ1v) is 6.72. The predicted octanol–water partition coefficient (Wildman–Crippen LogP) is 2.82. The van der Waals surface area contributed by atoms with Crippen LogP contribution in [0.15, 0.2) is 36.7 Å². The number of anilines is 2. The van der Waals surface area contributed by atoms with Crippen molar-refractivity contribution in [2.45, 2.75) is 19.9 Å². The summed E-state index contributed by atoms with van der Waals surface area (Å²) in [5.74, 6) is 0.975. The van der Waals surface area contributed by atoms with Crippen molar-refractivity contribution in [3.63, 3.8) is 0 Å². The van der Waals surface area contributed by atoms with Gasteiger partial charge in [-0.3, -0.25) is 15.1 Å². The molecule has 0 saturated carbocycles. The van der Waals surface area contributed by atoms with Gasteiger partial charge in [0.2, 0.25) is 0 Å². The maximum absolute atomic E-state index is 11.0. The van der Waals surface area contributed by atoms with Crippen molar-refractivity contribution in [1.29, 1.82) is 0 Å². The third-order valence-electron chi connectivity index (χ3n) is 2.80. The second-order valence-electron chi connectivity index (χ2n) is 4.49. The normalized spacial score (nSPS) is 10.1. The maximum Gasteiger partial charge on any atom is 0.276 e. The highest BCUT2D eigenvalue weighted by atomic mass is 16.6. The fourth-order valence-electron chi connectivity index (χ4n) is 1.75. The highest BCUT2D eigenvalue weighted by Gasteiger charge is 2.11. The molecule has 0 radical (unpaired) electrons. The maximum atomic E-state index is 11.0. The number of aromatic nitrogens is 2.